The van der Waals surface area contributed by atoms with Crippen LogP contribution in [0, 0.1) is 0 Å². The van der Waals surface area contributed by atoms with Gasteiger partial charge in [-0.25, -0.2) is 0 Å². The van der Waals surface area contributed by atoms with Gasteiger partial charge in [0.1, 0.15) is 13.2 Å². The fourth-order valence-electron chi connectivity index (χ4n) is 8.72. The molecule has 1 unspecified atom stereocenters. The van der Waals surface area contributed by atoms with Gasteiger partial charge in [-0.1, -0.05) is 268 Å². The van der Waals surface area contributed by atoms with E-state index in [2.05, 4.69) is 81.5 Å². The first kappa shape index (κ1) is 67.1. The smallest absolute Gasteiger partial charge is 0.306 e. The van der Waals surface area contributed by atoms with Crippen molar-refractivity contribution < 1.29 is 28.6 Å². The lowest BCUT2D eigenvalue weighted by Gasteiger charge is -2.18. The van der Waals surface area contributed by atoms with Gasteiger partial charge < -0.3 is 14.2 Å². The molecule has 0 aliphatic rings. The summed E-state index contributed by atoms with van der Waals surface area (Å²) < 4.78 is 16.8. The summed E-state index contributed by atoms with van der Waals surface area (Å²) in [5.41, 5.74) is 0. The Hall–Kier alpha value is -2.89. The summed E-state index contributed by atoms with van der Waals surface area (Å²) in [7, 11) is 0. The molecule has 0 saturated heterocycles. The zero-order valence-corrected chi connectivity index (χ0v) is 46.5. The minimum absolute atomic E-state index is 0.0736. The number of ether oxygens (including phenoxy) is 3. The second kappa shape index (κ2) is 58.7. The summed E-state index contributed by atoms with van der Waals surface area (Å²) in [6.45, 7) is 6.51. The van der Waals surface area contributed by atoms with Crippen molar-refractivity contribution in [2.75, 3.05) is 13.2 Å². The Morgan fingerprint density at radius 2 is 0.557 bits per heavy atom. The van der Waals surface area contributed by atoms with Crippen LogP contribution in [0.15, 0.2) is 60.8 Å². The first-order valence-electron chi connectivity index (χ1n) is 30.3. The highest BCUT2D eigenvalue weighted by Gasteiger charge is 2.19. The van der Waals surface area contributed by atoms with Gasteiger partial charge in [-0.05, 0) is 83.5 Å². The van der Waals surface area contributed by atoms with Crippen LogP contribution in [0.5, 0.6) is 0 Å². The van der Waals surface area contributed by atoms with E-state index in [0.717, 1.165) is 89.9 Å². The van der Waals surface area contributed by atoms with Gasteiger partial charge in [-0.2, -0.15) is 0 Å². The molecule has 0 aromatic heterocycles. The molecular formula is C64H114O6. The van der Waals surface area contributed by atoms with Crippen LogP contribution in [0.4, 0.5) is 0 Å². The number of esters is 3. The average molecular weight is 980 g/mol. The monoisotopic (exact) mass is 979 g/mol. The second-order valence-corrected chi connectivity index (χ2v) is 20.2. The fourth-order valence-corrected chi connectivity index (χ4v) is 8.72. The van der Waals surface area contributed by atoms with Crippen molar-refractivity contribution in [2.24, 2.45) is 0 Å². The lowest BCUT2D eigenvalue weighted by atomic mass is 10.0. The third kappa shape index (κ3) is 56.0. The Labute approximate surface area is 434 Å². The highest BCUT2D eigenvalue weighted by molar-refractivity contribution is 5.71. The molecule has 0 saturated carbocycles. The lowest BCUT2D eigenvalue weighted by Crippen LogP contribution is -2.30. The Morgan fingerprint density at radius 3 is 0.886 bits per heavy atom. The van der Waals surface area contributed by atoms with Crippen LogP contribution < -0.4 is 0 Å². The minimum Gasteiger partial charge on any atom is -0.462 e. The quantitative estimate of drug-likeness (QED) is 0.0261. The first-order chi connectivity index (χ1) is 34.5. The summed E-state index contributed by atoms with van der Waals surface area (Å²) in [4.78, 5) is 38.0. The van der Waals surface area contributed by atoms with Crippen LogP contribution in [0.25, 0.3) is 0 Å². The van der Waals surface area contributed by atoms with Gasteiger partial charge in [0.05, 0.1) is 0 Å². The summed E-state index contributed by atoms with van der Waals surface area (Å²) in [5, 5.41) is 0. The average Bonchev–Trinajstić information content (AvgIpc) is 3.36. The highest BCUT2D eigenvalue weighted by atomic mass is 16.6. The van der Waals surface area contributed by atoms with Crippen LogP contribution in [0.2, 0.25) is 0 Å². The molecular weight excluding hydrogens is 865 g/mol. The van der Waals surface area contributed by atoms with Crippen molar-refractivity contribution >= 4 is 17.9 Å². The first-order valence-corrected chi connectivity index (χ1v) is 30.3. The SMILES string of the molecule is CC/C=C\C/C=C\C/C=C\C/C=C\CCCCCCCCCCCCCCCCCCC(=O)OCC(COC(=O)CCCCCCCCCC)OC(=O)CCCCCCC/C=C\CCCCCCCC. The maximum absolute atomic E-state index is 12.8. The maximum Gasteiger partial charge on any atom is 0.306 e. The molecule has 0 aliphatic heterocycles. The van der Waals surface area contributed by atoms with Gasteiger partial charge in [-0.3, -0.25) is 14.4 Å². The van der Waals surface area contributed by atoms with Gasteiger partial charge >= 0.3 is 17.9 Å². The number of unbranched alkanes of at least 4 members (excludes halogenated alkanes) is 34. The normalized spacial score (nSPS) is 12.4. The minimum atomic E-state index is -0.773. The van der Waals surface area contributed by atoms with E-state index < -0.39 is 6.10 Å². The number of rotatable bonds is 55. The van der Waals surface area contributed by atoms with Crippen molar-refractivity contribution in [3.8, 4) is 0 Å². The standard InChI is InChI=1S/C64H114O6/c1-4-7-10-13-16-19-21-23-25-26-27-28-29-30-31-32-33-34-35-36-37-38-40-41-43-45-48-51-54-57-63(66)69-60-61(59-68-62(65)56-53-50-47-18-15-12-9-6-3)70-64(67)58-55-52-49-46-44-42-39-24-22-20-17-14-11-8-5-2/h7,10,16,19,23-25,27-28,39,61H,4-6,8-9,11-15,17-18,20-22,26,29-38,40-60H2,1-3H3/b10-7-,19-16-,25-23-,28-27-,39-24-. The Bertz CT molecular complexity index is 1260. The zero-order chi connectivity index (χ0) is 50.7. The second-order valence-electron chi connectivity index (χ2n) is 20.2. The predicted molar refractivity (Wildman–Crippen MR) is 302 cm³/mol. The maximum atomic E-state index is 12.8. The third-order valence-corrected chi connectivity index (χ3v) is 13.3. The molecule has 0 aromatic carbocycles. The molecule has 0 rings (SSSR count). The number of carbonyl (C=O) groups excluding carboxylic acids is 3. The van der Waals surface area contributed by atoms with Crippen LogP contribution in [0.1, 0.15) is 310 Å². The Kier molecular flexibility index (Phi) is 56.3. The zero-order valence-electron chi connectivity index (χ0n) is 46.5. The highest BCUT2D eigenvalue weighted by Crippen LogP contribution is 2.16. The topological polar surface area (TPSA) is 78.9 Å². The van der Waals surface area contributed by atoms with Crippen molar-refractivity contribution in [3.63, 3.8) is 0 Å². The number of hydrogen-bond donors (Lipinski definition) is 0. The molecule has 0 heterocycles. The predicted octanol–water partition coefficient (Wildman–Crippen LogP) is 20.4. The lowest BCUT2D eigenvalue weighted by molar-refractivity contribution is -0.167. The van der Waals surface area contributed by atoms with E-state index in [4.69, 9.17) is 14.2 Å². The van der Waals surface area contributed by atoms with E-state index in [9.17, 15) is 14.4 Å². The van der Waals surface area contributed by atoms with E-state index in [1.54, 1.807) is 0 Å². The van der Waals surface area contributed by atoms with E-state index in [1.165, 1.54) is 180 Å². The van der Waals surface area contributed by atoms with E-state index in [-0.39, 0.29) is 31.1 Å². The fraction of sp³-hybridized carbons (Fsp3) is 0.797. The Morgan fingerprint density at radius 1 is 0.300 bits per heavy atom. The van der Waals surface area contributed by atoms with Gasteiger partial charge in [0.15, 0.2) is 6.10 Å². The third-order valence-electron chi connectivity index (χ3n) is 13.3. The van der Waals surface area contributed by atoms with Gasteiger partial charge in [0.25, 0.3) is 0 Å². The summed E-state index contributed by atoms with van der Waals surface area (Å²) in [6.07, 6.45) is 73.9. The van der Waals surface area contributed by atoms with Crippen molar-refractivity contribution in [1.82, 2.24) is 0 Å². The number of allylic oxidation sites excluding steroid dienone is 10. The van der Waals surface area contributed by atoms with Crippen molar-refractivity contribution in [3.05, 3.63) is 60.8 Å². The van der Waals surface area contributed by atoms with E-state index >= 15 is 0 Å². The summed E-state index contributed by atoms with van der Waals surface area (Å²) in [5.74, 6) is -0.873. The molecule has 0 N–H and O–H groups in total. The molecule has 406 valence electrons. The largest absolute Gasteiger partial charge is 0.462 e. The molecule has 0 radical (unpaired) electrons. The number of hydrogen-bond acceptors (Lipinski definition) is 6. The molecule has 0 fully saturated rings. The van der Waals surface area contributed by atoms with E-state index in [0.29, 0.717) is 19.3 Å². The van der Waals surface area contributed by atoms with Gasteiger partial charge in [-0.15, -0.1) is 0 Å². The van der Waals surface area contributed by atoms with Crippen molar-refractivity contribution in [1.29, 1.82) is 0 Å². The van der Waals surface area contributed by atoms with E-state index in [1.807, 2.05) is 0 Å². The van der Waals surface area contributed by atoms with Crippen LogP contribution in [0.3, 0.4) is 0 Å². The summed E-state index contributed by atoms with van der Waals surface area (Å²) >= 11 is 0. The molecule has 0 bridgehead atoms. The van der Waals surface area contributed by atoms with Gasteiger partial charge in [0.2, 0.25) is 0 Å². The molecule has 0 aliphatic carbocycles. The molecule has 70 heavy (non-hydrogen) atoms. The molecule has 0 aromatic rings. The van der Waals surface area contributed by atoms with Crippen LogP contribution >= 0.6 is 0 Å². The summed E-state index contributed by atoms with van der Waals surface area (Å²) in [6, 6.07) is 0. The Balaban J connectivity index is 4.09. The van der Waals surface area contributed by atoms with Crippen molar-refractivity contribution in [2.45, 2.75) is 316 Å². The van der Waals surface area contributed by atoms with Gasteiger partial charge in [0, 0.05) is 19.3 Å². The molecule has 0 spiro atoms. The van der Waals surface area contributed by atoms with Crippen LogP contribution in [-0.2, 0) is 28.6 Å². The molecule has 1 atom stereocenters. The molecule has 6 nitrogen and oxygen atoms in total. The molecule has 6 heteroatoms. The van der Waals surface area contributed by atoms with Crippen LogP contribution in [-0.4, -0.2) is 37.2 Å². The molecule has 0 amide bonds. The number of carbonyl (C=O) groups is 3.